The van der Waals surface area contributed by atoms with Gasteiger partial charge in [0.25, 0.3) is 0 Å². The van der Waals surface area contributed by atoms with Crippen LogP contribution in [0.3, 0.4) is 0 Å². The molecule has 0 saturated heterocycles. The average molecular weight is 220 g/mol. The number of carbonyl (C=O) groups is 1. The zero-order valence-electron chi connectivity index (χ0n) is 10.5. The lowest BCUT2D eigenvalue weighted by atomic mass is 10.1. The molecule has 0 amide bonds. The first-order valence-corrected chi connectivity index (χ1v) is 5.75. The fourth-order valence-corrected chi connectivity index (χ4v) is 1.45. The monoisotopic (exact) mass is 220 g/mol. The predicted molar refractivity (Wildman–Crippen MR) is 66.1 cm³/mol. The van der Waals surface area contributed by atoms with Crippen LogP contribution in [0.25, 0.3) is 0 Å². The molecule has 0 bridgehead atoms. The van der Waals surface area contributed by atoms with Crippen LogP contribution < -0.4 is 4.74 Å². The van der Waals surface area contributed by atoms with Crippen molar-refractivity contribution in [3.8, 4) is 5.75 Å². The molecule has 0 aliphatic carbocycles. The molecule has 1 rings (SSSR count). The largest absolute Gasteiger partial charge is 0.493 e. The molecular weight excluding hydrogens is 200 g/mol. The second kappa shape index (κ2) is 5.69. The molecule has 0 spiro atoms. The highest BCUT2D eigenvalue weighted by Gasteiger charge is 2.08. The Morgan fingerprint density at radius 1 is 1.38 bits per heavy atom. The highest BCUT2D eigenvalue weighted by Crippen LogP contribution is 2.21. The van der Waals surface area contributed by atoms with Crippen molar-refractivity contribution in [3.05, 3.63) is 29.3 Å². The quantitative estimate of drug-likeness (QED) is 0.708. The molecule has 0 atom stereocenters. The van der Waals surface area contributed by atoms with E-state index in [2.05, 4.69) is 13.8 Å². The fourth-order valence-electron chi connectivity index (χ4n) is 1.45. The molecule has 2 nitrogen and oxygen atoms in total. The third-order valence-corrected chi connectivity index (χ3v) is 2.47. The Morgan fingerprint density at radius 3 is 2.62 bits per heavy atom. The van der Waals surface area contributed by atoms with Crippen molar-refractivity contribution >= 4 is 5.78 Å². The molecule has 0 N–H and O–H groups in total. The zero-order chi connectivity index (χ0) is 12.1. The van der Waals surface area contributed by atoms with Crippen LogP contribution in [-0.4, -0.2) is 12.4 Å². The molecule has 88 valence electrons. The van der Waals surface area contributed by atoms with Gasteiger partial charge in [0.05, 0.1) is 12.2 Å². The van der Waals surface area contributed by atoms with Crippen LogP contribution in [0.2, 0.25) is 0 Å². The maximum Gasteiger partial charge on any atom is 0.163 e. The van der Waals surface area contributed by atoms with Gasteiger partial charge in [0.1, 0.15) is 5.75 Å². The van der Waals surface area contributed by atoms with Gasteiger partial charge in [-0.3, -0.25) is 4.79 Å². The lowest BCUT2D eigenvalue weighted by Gasteiger charge is -2.11. The molecule has 16 heavy (non-hydrogen) atoms. The van der Waals surface area contributed by atoms with E-state index >= 15 is 0 Å². The summed E-state index contributed by atoms with van der Waals surface area (Å²) in [4.78, 5) is 11.4. The van der Waals surface area contributed by atoms with Gasteiger partial charge >= 0.3 is 0 Å². The molecule has 0 aromatic heterocycles. The standard InChI is InChI=1S/C14H20O2/c1-10(2)7-8-16-14-6-5-11(3)9-13(14)12(4)15/h5-6,9-10H,7-8H2,1-4H3. The zero-order valence-corrected chi connectivity index (χ0v) is 10.5. The van der Waals surface area contributed by atoms with E-state index in [1.54, 1.807) is 6.92 Å². The Kier molecular flexibility index (Phi) is 4.53. The number of rotatable bonds is 5. The summed E-state index contributed by atoms with van der Waals surface area (Å²) in [5.41, 5.74) is 1.77. The van der Waals surface area contributed by atoms with Crippen molar-refractivity contribution in [1.82, 2.24) is 0 Å². The van der Waals surface area contributed by atoms with Crippen LogP contribution in [0.1, 0.15) is 43.1 Å². The molecule has 0 fully saturated rings. The number of hydrogen-bond acceptors (Lipinski definition) is 2. The van der Waals surface area contributed by atoms with Crippen molar-refractivity contribution < 1.29 is 9.53 Å². The summed E-state index contributed by atoms with van der Waals surface area (Å²) in [7, 11) is 0. The minimum atomic E-state index is 0.0586. The Labute approximate surface area is 97.6 Å². The number of ketones is 1. The molecule has 1 aromatic rings. The van der Waals surface area contributed by atoms with Gasteiger partial charge in [0.2, 0.25) is 0 Å². The number of carbonyl (C=O) groups excluding carboxylic acids is 1. The van der Waals surface area contributed by atoms with Crippen LogP contribution in [-0.2, 0) is 0 Å². The molecule has 0 unspecified atom stereocenters. The van der Waals surface area contributed by atoms with E-state index < -0.39 is 0 Å². The van der Waals surface area contributed by atoms with E-state index in [1.807, 2.05) is 25.1 Å². The normalized spacial score (nSPS) is 10.6. The van der Waals surface area contributed by atoms with Gasteiger partial charge in [-0.1, -0.05) is 25.5 Å². The summed E-state index contributed by atoms with van der Waals surface area (Å²) < 4.78 is 5.64. The minimum absolute atomic E-state index is 0.0586. The molecule has 0 aliphatic heterocycles. The van der Waals surface area contributed by atoms with Crippen LogP contribution in [0, 0.1) is 12.8 Å². The first-order valence-electron chi connectivity index (χ1n) is 5.75. The molecular formula is C14H20O2. The van der Waals surface area contributed by atoms with E-state index in [4.69, 9.17) is 4.74 Å². The number of Topliss-reactive ketones (excluding diaryl/α,β-unsaturated/α-hetero) is 1. The van der Waals surface area contributed by atoms with E-state index in [1.165, 1.54) is 0 Å². The summed E-state index contributed by atoms with van der Waals surface area (Å²) >= 11 is 0. The van der Waals surface area contributed by atoms with Gasteiger partial charge in [-0.25, -0.2) is 0 Å². The van der Waals surface area contributed by atoms with Gasteiger partial charge < -0.3 is 4.74 Å². The highest BCUT2D eigenvalue weighted by atomic mass is 16.5. The van der Waals surface area contributed by atoms with Gasteiger partial charge in [0, 0.05) is 0 Å². The van der Waals surface area contributed by atoms with Crippen LogP contribution >= 0.6 is 0 Å². The van der Waals surface area contributed by atoms with Crippen molar-refractivity contribution in [2.45, 2.75) is 34.1 Å². The van der Waals surface area contributed by atoms with E-state index in [0.717, 1.165) is 12.0 Å². The van der Waals surface area contributed by atoms with Gasteiger partial charge in [-0.15, -0.1) is 0 Å². The van der Waals surface area contributed by atoms with E-state index in [0.29, 0.717) is 23.8 Å². The molecule has 2 heteroatoms. The fraction of sp³-hybridized carbons (Fsp3) is 0.500. The Bertz CT molecular complexity index is 367. The third-order valence-electron chi connectivity index (χ3n) is 2.47. The topological polar surface area (TPSA) is 26.3 Å². The highest BCUT2D eigenvalue weighted by molar-refractivity contribution is 5.97. The van der Waals surface area contributed by atoms with E-state index in [-0.39, 0.29) is 5.78 Å². The van der Waals surface area contributed by atoms with Crippen LogP contribution in [0.15, 0.2) is 18.2 Å². The number of ether oxygens (including phenoxy) is 1. The van der Waals surface area contributed by atoms with Gasteiger partial charge in [0.15, 0.2) is 5.78 Å². The third kappa shape index (κ3) is 3.69. The van der Waals surface area contributed by atoms with Crippen molar-refractivity contribution in [2.75, 3.05) is 6.61 Å². The predicted octanol–water partition coefficient (Wildman–Crippen LogP) is 3.62. The second-order valence-electron chi connectivity index (χ2n) is 4.59. The summed E-state index contributed by atoms with van der Waals surface area (Å²) in [6, 6.07) is 5.73. The Morgan fingerprint density at radius 2 is 2.06 bits per heavy atom. The van der Waals surface area contributed by atoms with Crippen molar-refractivity contribution in [2.24, 2.45) is 5.92 Å². The Hall–Kier alpha value is -1.31. The van der Waals surface area contributed by atoms with Crippen LogP contribution in [0.5, 0.6) is 5.75 Å². The van der Waals surface area contributed by atoms with E-state index in [9.17, 15) is 4.79 Å². The number of hydrogen-bond donors (Lipinski definition) is 0. The van der Waals surface area contributed by atoms with Gasteiger partial charge in [-0.2, -0.15) is 0 Å². The summed E-state index contributed by atoms with van der Waals surface area (Å²) in [6.45, 7) is 8.53. The summed E-state index contributed by atoms with van der Waals surface area (Å²) in [6.07, 6.45) is 1.01. The molecule has 1 aromatic carbocycles. The van der Waals surface area contributed by atoms with Crippen molar-refractivity contribution in [1.29, 1.82) is 0 Å². The maximum absolute atomic E-state index is 11.4. The molecule has 0 aliphatic rings. The average Bonchev–Trinajstić information content (AvgIpc) is 2.19. The molecule has 0 heterocycles. The lowest BCUT2D eigenvalue weighted by Crippen LogP contribution is -2.05. The smallest absolute Gasteiger partial charge is 0.163 e. The number of benzene rings is 1. The minimum Gasteiger partial charge on any atom is -0.493 e. The Balaban J connectivity index is 2.75. The van der Waals surface area contributed by atoms with Crippen molar-refractivity contribution in [3.63, 3.8) is 0 Å². The first kappa shape index (κ1) is 12.8. The maximum atomic E-state index is 11.4. The van der Waals surface area contributed by atoms with Gasteiger partial charge in [-0.05, 0) is 38.3 Å². The summed E-state index contributed by atoms with van der Waals surface area (Å²) in [5, 5.41) is 0. The lowest BCUT2D eigenvalue weighted by molar-refractivity contribution is 0.101. The summed E-state index contributed by atoms with van der Waals surface area (Å²) in [5.74, 6) is 1.38. The molecule has 0 saturated carbocycles. The number of aryl methyl sites for hydroxylation is 1. The first-order chi connectivity index (χ1) is 7.50. The molecule has 0 radical (unpaired) electrons. The second-order valence-corrected chi connectivity index (χ2v) is 4.59. The van der Waals surface area contributed by atoms with Crippen LogP contribution in [0.4, 0.5) is 0 Å². The SMILES string of the molecule is CC(=O)c1cc(C)ccc1OCCC(C)C.